The van der Waals surface area contributed by atoms with E-state index in [4.69, 9.17) is 11.6 Å². The van der Waals surface area contributed by atoms with Crippen LogP contribution in [0.1, 0.15) is 29.8 Å². The van der Waals surface area contributed by atoms with Gasteiger partial charge in [-0.2, -0.15) is 0 Å². The van der Waals surface area contributed by atoms with Crippen molar-refractivity contribution in [3.05, 3.63) is 41.2 Å². The van der Waals surface area contributed by atoms with E-state index in [0.29, 0.717) is 22.3 Å². The van der Waals surface area contributed by atoms with Crippen LogP contribution in [0.5, 0.6) is 0 Å². The summed E-state index contributed by atoms with van der Waals surface area (Å²) < 4.78 is 1.51. The van der Waals surface area contributed by atoms with Gasteiger partial charge in [-0.15, -0.1) is 5.10 Å². The van der Waals surface area contributed by atoms with Crippen LogP contribution in [0.3, 0.4) is 0 Å². The van der Waals surface area contributed by atoms with E-state index in [1.165, 1.54) is 23.9 Å². The summed E-state index contributed by atoms with van der Waals surface area (Å²) in [4.78, 5) is 12.0. The van der Waals surface area contributed by atoms with Crippen molar-refractivity contribution in [1.29, 1.82) is 0 Å². The van der Waals surface area contributed by atoms with Crippen molar-refractivity contribution in [3.63, 3.8) is 0 Å². The molecule has 1 amide bonds. The van der Waals surface area contributed by atoms with E-state index >= 15 is 0 Å². The fourth-order valence-corrected chi connectivity index (χ4v) is 2.37. The molecule has 6 heteroatoms. The molecule has 20 heavy (non-hydrogen) atoms. The van der Waals surface area contributed by atoms with Gasteiger partial charge in [0.25, 0.3) is 5.91 Å². The number of hydrogen-bond acceptors (Lipinski definition) is 3. The summed E-state index contributed by atoms with van der Waals surface area (Å²) in [6.45, 7) is 0.720. The third-order valence-corrected chi connectivity index (χ3v) is 3.92. The molecule has 0 aliphatic heterocycles. The number of carbonyl (C=O) groups excluding carboxylic acids is 1. The summed E-state index contributed by atoms with van der Waals surface area (Å²) >= 11 is 6.09. The van der Waals surface area contributed by atoms with Crippen LogP contribution in [0.25, 0.3) is 5.69 Å². The van der Waals surface area contributed by atoms with Gasteiger partial charge in [0, 0.05) is 6.54 Å². The van der Waals surface area contributed by atoms with Crippen LogP contribution in [0.4, 0.5) is 0 Å². The second-order valence-corrected chi connectivity index (χ2v) is 5.41. The first kappa shape index (κ1) is 13.1. The Morgan fingerprint density at radius 2 is 2.20 bits per heavy atom. The second-order valence-electron chi connectivity index (χ2n) is 5.01. The molecule has 0 spiro atoms. The van der Waals surface area contributed by atoms with Crippen molar-refractivity contribution in [2.24, 2.45) is 5.92 Å². The van der Waals surface area contributed by atoms with Crippen LogP contribution in [-0.4, -0.2) is 27.4 Å². The van der Waals surface area contributed by atoms with E-state index in [1.807, 2.05) is 18.2 Å². The molecule has 1 aliphatic rings. The number of amides is 1. The normalized spacial score (nSPS) is 14.8. The zero-order chi connectivity index (χ0) is 13.9. The zero-order valence-electron chi connectivity index (χ0n) is 10.9. The van der Waals surface area contributed by atoms with Gasteiger partial charge < -0.3 is 5.32 Å². The maximum absolute atomic E-state index is 12.0. The lowest BCUT2D eigenvalue weighted by molar-refractivity contribution is 0.0934. The SMILES string of the molecule is O=C(NCC1CCC1)c1cn(-c2ccccc2Cl)nn1. The molecule has 0 radical (unpaired) electrons. The van der Waals surface area contributed by atoms with Crippen LogP contribution < -0.4 is 5.32 Å². The molecular formula is C14H15ClN4O. The number of nitrogens with zero attached hydrogens (tertiary/aromatic N) is 3. The summed E-state index contributed by atoms with van der Waals surface area (Å²) in [5.41, 5.74) is 1.02. The quantitative estimate of drug-likeness (QED) is 0.941. The molecule has 1 aromatic heterocycles. The molecule has 104 valence electrons. The molecule has 1 N–H and O–H groups in total. The summed E-state index contributed by atoms with van der Waals surface area (Å²) in [6, 6.07) is 7.30. The lowest BCUT2D eigenvalue weighted by atomic mass is 9.85. The van der Waals surface area contributed by atoms with E-state index in [-0.39, 0.29) is 5.91 Å². The molecule has 0 unspecified atom stereocenters. The molecule has 1 fully saturated rings. The number of carbonyl (C=O) groups is 1. The van der Waals surface area contributed by atoms with Gasteiger partial charge in [0.1, 0.15) is 0 Å². The van der Waals surface area contributed by atoms with Crippen molar-refractivity contribution < 1.29 is 4.79 Å². The number of halogens is 1. The zero-order valence-corrected chi connectivity index (χ0v) is 11.7. The van der Waals surface area contributed by atoms with Crippen molar-refractivity contribution in [3.8, 4) is 5.69 Å². The van der Waals surface area contributed by atoms with Crippen molar-refractivity contribution in [1.82, 2.24) is 20.3 Å². The highest BCUT2D eigenvalue weighted by atomic mass is 35.5. The minimum absolute atomic E-state index is 0.185. The van der Waals surface area contributed by atoms with Crippen LogP contribution in [-0.2, 0) is 0 Å². The van der Waals surface area contributed by atoms with Gasteiger partial charge in [-0.25, -0.2) is 4.68 Å². The Kier molecular flexibility index (Phi) is 3.69. The Labute approximate surface area is 121 Å². The first-order valence-electron chi connectivity index (χ1n) is 6.69. The third kappa shape index (κ3) is 2.67. The van der Waals surface area contributed by atoms with E-state index in [9.17, 15) is 4.79 Å². The monoisotopic (exact) mass is 290 g/mol. The maximum atomic E-state index is 12.0. The average molecular weight is 291 g/mol. The largest absolute Gasteiger partial charge is 0.350 e. The Hall–Kier alpha value is -1.88. The number of benzene rings is 1. The number of hydrogen-bond donors (Lipinski definition) is 1. The van der Waals surface area contributed by atoms with Crippen LogP contribution in [0.15, 0.2) is 30.5 Å². The van der Waals surface area contributed by atoms with Crippen molar-refractivity contribution >= 4 is 17.5 Å². The second kappa shape index (κ2) is 5.63. The van der Waals surface area contributed by atoms with Crippen LogP contribution in [0.2, 0.25) is 5.02 Å². The summed E-state index contributed by atoms with van der Waals surface area (Å²) in [6.07, 6.45) is 5.26. The topological polar surface area (TPSA) is 59.8 Å². The molecule has 1 aliphatic carbocycles. The fraction of sp³-hybridized carbons (Fsp3) is 0.357. The Bertz CT molecular complexity index is 621. The minimum atomic E-state index is -0.185. The van der Waals surface area contributed by atoms with Gasteiger partial charge in [0.05, 0.1) is 16.9 Å². The van der Waals surface area contributed by atoms with Crippen molar-refractivity contribution in [2.45, 2.75) is 19.3 Å². The smallest absolute Gasteiger partial charge is 0.273 e. The van der Waals surface area contributed by atoms with E-state index in [0.717, 1.165) is 6.54 Å². The first-order chi connectivity index (χ1) is 9.74. The van der Waals surface area contributed by atoms with Crippen LogP contribution >= 0.6 is 11.6 Å². The van der Waals surface area contributed by atoms with Gasteiger partial charge in [0.2, 0.25) is 0 Å². The van der Waals surface area contributed by atoms with E-state index in [1.54, 1.807) is 12.3 Å². The highest BCUT2D eigenvalue weighted by Crippen LogP contribution is 2.25. The van der Waals surface area contributed by atoms with E-state index < -0.39 is 0 Å². The number of nitrogens with one attached hydrogen (secondary N) is 1. The lowest BCUT2D eigenvalue weighted by Crippen LogP contribution is -2.32. The lowest BCUT2D eigenvalue weighted by Gasteiger charge is -2.25. The first-order valence-corrected chi connectivity index (χ1v) is 7.07. The van der Waals surface area contributed by atoms with Gasteiger partial charge in [-0.1, -0.05) is 35.4 Å². The summed E-state index contributed by atoms with van der Waals surface area (Å²) in [5, 5.41) is 11.3. The third-order valence-electron chi connectivity index (χ3n) is 3.60. The Morgan fingerprint density at radius 3 is 2.90 bits per heavy atom. The summed E-state index contributed by atoms with van der Waals surface area (Å²) in [7, 11) is 0. The fourth-order valence-electron chi connectivity index (χ4n) is 2.15. The van der Waals surface area contributed by atoms with Gasteiger partial charge in [-0.3, -0.25) is 4.79 Å². The molecular weight excluding hydrogens is 276 g/mol. The average Bonchev–Trinajstić information content (AvgIpc) is 2.87. The predicted octanol–water partition coefficient (Wildman–Crippen LogP) is 2.45. The highest BCUT2D eigenvalue weighted by Gasteiger charge is 2.19. The van der Waals surface area contributed by atoms with Gasteiger partial charge in [-0.05, 0) is 30.9 Å². The minimum Gasteiger partial charge on any atom is -0.350 e. The number of rotatable bonds is 4. The van der Waals surface area contributed by atoms with E-state index in [2.05, 4.69) is 15.6 Å². The highest BCUT2D eigenvalue weighted by molar-refractivity contribution is 6.32. The standard InChI is InChI=1S/C14H15ClN4O/c15-11-6-1-2-7-13(11)19-9-12(17-18-19)14(20)16-8-10-4-3-5-10/h1-2,6-7,9-10H,3-5,8H2,(H,16,20). The molecule has 1 aromatic carbocycles. The van der Waals surface area contributed by atoms with Crippen molar-refractivity contribution in [2.75, 3.05) is 6.54 Å². The molecule has 0 saturated heterocycles. The van der Waals surface area contributed by atoms with Crippen LogP contribution in [0, 0.1) is 5.92 Å². The molecule has 1 heterocycles. The molecule has 2 aromatic rings. The van der Waals surface area contributed by atoms with Gasteiger partial charge >= 0.3 is 0 Å². The Morgan fingerprint density at radius 1 is 1.40 bits per heavy atom. The maximum Gasteiger partial charge on any atom is 0.273 e. The molecule has 3 rings (SSSR count). The number of aromatic nitrogens is 3. The molecule has 5 nitrogen and oxygen atoms in total. The Balaban J connectivity index is 1.69. The molecule has 1 saturated carbocycles. The predicted molar refractivity (Wildman–Crippen MR) is 76.0 cm³/mol. The number of para-hydroxylation sites is 1. The molecule has 0 atom stereocenters. The summed E-state index contributed by atoms with van der Waals surface area (Å²) in [5.74, 6) is 0.438. The van der Waals surface area contributed by atoms with Gasteiger partial charge in [0.15, 0.2) is 5.69 Å². The molecule has 0 bridgehead atoms.